The van der Waals surface area contributed by atoms with Gasteiger partial charge < -0.3 is 15.4 Å². The number of ether oxygens (including phenoxy) is 1. The molecule has 0 aliphatic rings. The summed E-state index contributed by atoms with van der Waals surface area (Å²) in [5.74, 6) is 3.25. The van der Waals surface area contributed by atoms with Crippen molar-refractivity contribution in [1.82, 2.24) is 14.5 Å². The van der Waals surface area contributed by atoms with Crippen LogP contribution in [0.4, 0.5) is 17.3 Å². The molecule has 2 aromatic heterocycles. The number of benzene rings is 2. The van der Waals surface area contributed by atoms with Crippen LogP contribution in [0.5, 0.6) is 5.75 Å². The quantitative estimate of drug-likeness (QED) is 0.475. The Morgan fingerprint density at radius 3 is 2.59 bits per heavy atom. The molecule has 2 aromatic carbocycles. The fourth-order valence-corrected chi connectivity index (χ4v) is 3.30. The number of pyridine rings is 1. The van der Waals surface area contributed by atoms with Crippen LogP contribution in [0.2, 0.25) is 0 Å². The zero-order valence-electron chi connectivity index (χ0n) is 17.4. The Balaban J connectivity index is 1.86. The second-order valence-corrected chi connectivity index (χ2v) is 6.86. The lowest BCUT2D eigenvalue weighted by Gasteiger charge is -2.14. The van der Waals surface area contributed by atoms with Crippen molar-refractivity contribution in [2.45, 2.75) is 6.92 Å². The first kappa shape index (κ1) is 20.6. The smallest absolute Gasteiger partial charge is 0.258 e. The Morgan fingerprint density at radius 1 is 1.16 bits per heavy atom. The van der Waals surface area contributed by atoms with Crippen LogP contribution in [0.25, 0.3) is 16.7 Å². The van der Waals surface area contributed by atoms with Crippen LogP contribution in [-0.2, 0) is 4.79 Å². The van der Waals surface area contributed by atoms with Gasteiger partial charge >= 0.3 is 0 Å². The van der Waals surface area contributed by atoms with Crippen molar-refractivity contribution < 1.29 is 9.53 Å². The van der Waals surface area contributed by atoms with Crippen molar-refractivity contribution in [2.24, 2.45) is 0 Å². The molecule has 158 valence electrons. The predicted octanol–water partition coefficient (Wildman–Crippen LogP) is 3.47. The Hall–Kier alpha value is -4.64. The molecule has 0 saturated carbocycles. The lowest BCUT2D eigenvalue weighted by atomic mass is 10.1. The molecule has 2 heterocycles. The van der Waals surface area contributed by atoms with E-state index >= 15 is 0 Å². The van der Waals surface area contributed by atoms with Gasteiger partial charge in [-0.3, -0.25) is 14.2 Å². The van der Waals surface area contributed by atoms with Crippen molar-refractivity contribution in [3.63, 3.8) is 0 Å². The largest absolute Gasteiger partial charge is 0.495 e. The lowest BCUT2D eigenvalue weighted by molar-refractivity contribution is -0.114. The Bertz CT molecular complexity index is 1420. The number of para-hydroxylation sites is 2. The molecule has 0 radical (unpaired) electrons. The summed E-state index contributed by atoms with van der Waals surface area (Å²) in [6.45, 7) is 1.43. The number of anilines is 3. The zero-order valence-corrected chi connectivity index (χ0v) is 17.4. The Morgan fingerprint density at radius 2 is 1.91 bits per heavy atom. The van der Waals surface area contributed by atoms with Crippen molar-refractivity contribution in [1.29, 1.82) is 0 Å². The van der Waals surface area contributed by atoms with Crippen LogP contribution in [0.3, 0.4) is 0 Å². The number of carbonyl (C=O) groups is 1. The molecule has 8 heteroatoms. The van der Waals surface area contributed by atoms with Crippen LogP contribution in [0.1, 0.15) is 12.5 Å². The van der Waals surface area contributed by atoms with E-state index in [2.05, 4.69) is 26.5 Å². The third-order valence-electron chi connectivity index (χ3n) is 4.71. The van der Waals surface area contributed by atoms with E-state index in [1.54, 1.807) is 37.6 Å². The minimum absolute atomic E-state index is 0.182. The lowest BCUT2D eigenvalue weighted by Crippen LogP contribution is -2.20. The highest BCUT2D eigenvalue weighted by Crippen LogP contribution is 2.27. The van der Waals surface area contributed by atoms with Crippen molar-refractivity contribution in [3.05, 3.63) is 76.7 Å². The number of nitrogens with one attached hydrogen (secondary N) is 2. The molecule has 0 spiro atoms. The molecule has 0 fully saturated rings. The summed E-state index contributed by atoms with van der Waals surface area (Å²) in [6.07, 6.45) is 7.19. The van der Waals surface area contributed by atoms with Crippen molar-refractivity contribution in [3.8, 4) is 23.8 Å². The van der Waals surface area contributed by atoms with Gasteiger partial charge in [0.15, 0.2) is 5.65 Å². The third-order valence-corrected chi connectivity index (χ3v) is 4.71. The molecule has 4 rings (SSSR count). The first-order valence-corrected chi connectivity index (χ1v) is 9.67. The first-order chi connectivity index (χ1) is 15.5. The summed E-state index contributed by atoms with van der Waals surface area (Å²) >= 11 is 0. The highest BCUT2D eigenvalue weighted by atomic mass is 16.5. The first-order valence-electron chi connectivity index (χ1n) is 9.67. The standard InChI is InChI=1S/C24H19N5O3/c1-4-16-13-22(31)29(18-11-9-17(10-12-18)26-15(2)30)23-19(16)14-25-24(28-23)27-20-7-5-6-8-21(20)32-3/h1,5-14H,2-3H3,(H,26,30)(H,25,27,28). The number of terminal acetylenes is 1. The van der Waals surface area contributed by atoms with Crippen molar-refractivity contribution in [2.75, 3.05) is 17.7 Å². The normalized spacial score (nSPS) is 10.4. The topological polar surface area (TPSA) is 98.1 Å². The van der Waals surface area contributed by atoms with Gasteiger partial charge in [0.25, 0.3) is 5.56 Å². The molecule has 0 bridgehead atoms. The summed E-state index contributed by atoms with van der Waals surface area (Å²) in [4.78, 5) is 33.2. The summed E-state index contributed by atoms with van der Waals surface area (Å²) in [7, 11) is 1.57. The maximum absolute atomic E-state index is 12.9. The van der Waals surface area contributed by atoms with Gasteiger partial charge in [0, 0.05) is 30.4 Å². The number of hydrogen-bond donors (Lipinski definition) is 2. The van der Waals surface area contributed by atoms with Crippen LogP contribution < -0.4 is 20.9 Å². The summed E-state index contributed by atoms with van der Waals surface area (Å²) in [5, 5.41) is 6.38. The monoisotopic (exact) mass is 425 g/mol. The van der Waals surface area contributed by atoms with Gasteiger partial charge in [0.05, 0.1) is 23.9 Å². The molecular formula is C24H19N5O3. The molecule has 32 heavy (non-hydrogen) atoms. The maximum atomic E-state index is 12.9. The number of carbonyl (C=O) groups excluding carboxylic acids is 1. The van der Waals surface area contributed by atoms with Crippen LogP contribution in [-0.4, -0.2) is 27.6 Å². The van der Waals surface area contributed by atoms with E-state index in [9.17, 15) is 9.59 Å². The number of fused-ring (bicyclic) bond motifs is 1. The molecule has 2 N–H and O–H groups in total. The molecule has 0 atom stereocenters. The van der Waals surface area contributed by atoms with Gasteiger partial charge in [-0.15, -0.1) is 6.42 Å². The molecule has 1 amide bonds. The summed E-state index contributed by atoms with van der Waals surface area (Å²) < 4.78 is 6.81. The van der Waals surface area contributed by atoms with E-state index in [4.69, 9.17) is 11.2 Å². The van der Waals surface area contributed by atoms with E-state index in [0.717, 1.165) is 0 Å². The number of aromatic nitrogens is 3. The zero-order chi connectivity index (χ0) is 22.7. The Labute approximate surface area is 183 Å². The van der Waals surface area contributed by atoms with Gasteiger partial charge in [0.1, 0.15) is 5.75 Å². The van der Waals surface area contributed by atoms with Gasteiger partial charge in [-0.2, -0.15) is 4.98 Å². The SMILES string of the molecule is C#Cc1cc(=O)n(-c2ccc(NC(C)=O)cc2)c2nc(Nc3ccccc3OC)ncc12. The number of hydrogen-bond acceptors (Lipinski definition) is 6. The average Bonchev–Trinajstić information content (AvgIpc) is 2.79. The highest BCUT2D eigenvalue weighted by Gasteiger charge is 2.14. The molecule has 8 nitrogen and oxygen atoms in total. The molecule has 0 saturated heterocycles. The van der Waals surface area contributed by atoms with E-state index in [1.807, 2.05) is 24.3 Å². The Kier molecular flexibility index (Phi) is 5.55. The van der Waals surface area contributed by atoms with Crippen LogP contribution in [0.15, 0.2) is 65.6 Å². The number of rotatable bonds is 5. The van der Waals surface area contributed by atoms with Crippen LogP contribution >= 0.6 is 0 Å². The number of methoxy groups -OCH3 is 1. The van der Waals surface area contributed by atoms with Gasteiger partial charge in [-0.1, -0.05) is 18.1 Å². The van der Waals surface area contributed by atoms with Crippen LogP contribution in [0, 0.1) is 12.3 Å². The molecule has 0 unspecified atom stereocenters. The van der Waals surface area contributed by atoms with E-state index in [0.29, 0.717) is 39.4 Å². The minimum Gasteiger partial charge on any atom is -0.495 e. The molecule has 0 aliphatic carbocycles. The van der Waals surface area contributed by atoms with Gasteiger partial charge in [0.2, 0.25) is 11.9 Å². The maximum Gasteiger partial charge on any atom is 0.258 e. The van der Waals surface area contributed by atoms with E-state index < -0.39 is 0 Å². The highest BCUT2D eigenvalue weighted by molar-refractivity contribution is 5.89. The number of amides is 1. The van der Waals surface area contributed by atoms with E-state index in [-0.39, 0.29) is 17.4 Å². The molecular weight excluding hydrogens is 406 g/mol. The average molecular weight is 425 g/mol. The van der Waals surface area contributed by atoms with Gasteiger partial charge in [-0.05, 0) is 36.4 Å². The van der Waals surface area contributed by atoms with E-state index in [1.165, 1.54) is 17.6 Å². The molecule has 4 aromatic rings. The fourth-order valence-electron chi connectivity index (χ4n) is 3.30. The number of nitrogens with zero attached hydrogens (tertiary/aromatic N) is 3. The summed E-state index contributed by atoms with van der Waals surface area (Å²) in [5.41, 5.74) is 2.28. The summed E-state index contributed by atoms with van der Waals surface area (Å²) in [6, 6.07) is 15.6. The predicted molar refractivity (Wildman–Crippen MR) is 124 cm³/mol. The second kappa shape index (κ2) is 8.62. The van der Waals surface area contributed by atoms with Crippen molar-refractivity contribution >= 4 is 34.3 Å². The third kappa shape index (κ3) is 4.00. The molecule has 0 aliphatic heterocycles. The minimum atomic E-state index is -0.334. The van der Waals surface area contributed by atoms with Gasteiger partial charge in [-0.25, -0.2) is 4.98 Å². The second-order valence-electron chi connectivity index (χ2n) is 6.86. The fraction of sp³-hybridized carbons (Fsp3) is 0.0833.